The van der Waals surface area contributed by atoms with Crippen LogP contribution in [0.2, 0.25) is 0 Å². The Bertz CT molecular complexity index is 1590. The fraction of sp³-hybridized carbons (Fsp3) is 0.826. The quantitative estimate of drug-likeness (QED) is 0.0228. The third kappa shape index (κ3) is 46.7. The van der Waals surface area contributed by atoms with Gasteiger partial charge in [0.05, 0.1) is 6.61 Å². The highest BCUT2D eigenvalue weighted by atomic mass is 16.7. The Hall–Kier alpha value is -3.32. The number of ether oxygens (including phenoxy) is 5. The third-order valence-corrected chi connectivity index (χ3v) is 15.4. The molecule has 470 valence electrons. The van der Waals surface area contributed by atoms with Crippen molar-refractivity contribution in [2.24, 2.45) is 0 Å². The number of hydrogen-bond acceptors (Lipinski definition) is 11. The summed E-state index contributed by atoms with van der Waals surface area (Å²) in [5.74, 6) is -3.12. The van der Waals surface area contributed by atoms with Gasteiger partial charge in [0, 0.05) is 19.3 Å². The fourth-order valence-corrected chi connectivity index (χ4v) is 10.3. The maximum Gasteiger partial charge on any atom is 0.335 e. The molecule has 12 nitrogen and oxygen atoms in total. The first kappa shape index (κ1) is 75.7. The number of hydrogen-bond donors (Lipinski definition) is 3. The van der Waals surface area contributed by atoms with Gasteiger partial charge < -0.3 is 39.0 Å². The second-order valence-electron chi connectivity index (χ2n) is 23.1. The highest BCUT2D eigenvalue weighted by molar-refractivity contribution is 5.74. The van der Waals surface area contributed by atoms with Crippen molar-refractivity contribution in [2.75, 3.05) is 13.2 Å². The highest BCUT2D eigenvalue weighted by Gasteiger charge is 2.50. The minimum Gasteiger partial charge on any atom is -0.479 e. The number of aliphatic carboxylic acids is 1. The largest absolute Gasteiger partial charge is 0.479 e. The average Bonchev–Trinajstić information content (AvgIpc) is 3.53. The zero-order valence-electron chi connectivity index (χ0n) is 52.0. The maximum atomic E-state index is 13.2. The lowest BCUT2D eigenvalue weighted by Crippen LogP contribution is -2.61. The van der Waals surface area contributed by atoms with Gasteiger partial charge in [-0.2, -0.15) is 0 Å². The number of aliphatic hydroxyl groups is 2. The molecule has 0 amide bonds. The van der Waals surface area contributed by atoms with Crippen molar-refractivity contribution >= 4 is 23.9 Å². The summed E-state index contributed by atoms with van der Waals surface area (Å²) >= 11 is 0. The Morgan fingerprint density at radius 1 is 0.420 bits per heavy atom. The van der Waals surface area contributed by atoms with E-state index in [1.165, 1.54) is 154 Å². The Balaban J connectivity index is 2.64. The van der Waals surface area contributed by atoms with Crippen molar-refractivity contribution in [3.8, 4) is 0 Å². The molecule has 1 heterocycles. The van der Waals surface area contributed by atoms with E-state index >= 15 is 0 Å². The van der Waals surface area contributed by atoms with Crippen LogP contribution < -0.4 is 0 Å². The number of aliphatic hydroxyl groups excluding tert-OH is 2. The molecule has 0 aliphatic carbocycles. The van der Waals surface area contributed by atoms with Crippen molar-refractivity contribution < 1.29 is 58.2 Å². The third-order valence-electron chi connectivity index (χ3n) is 15.4. The van der Waals surface area contributed by atoms with Crippen molar-refractivity contribution in [1.82, 2.24) is 0 Å². The summed E-state index contributed by atoms with van der Waals surface area (Å²) in [5, 5.41) is 31.6. The number of esters is 3. The van der Waals surface area contributed by atoms with E-state index in [0.717, 1.165) is 103 Å². The number of carbonyl (C=O) groups is 4. The van der Waals surface area contributed by atoms with Gasteiger partial charge in [0.25, 0.3) is 0 Å². The summed E-state index contributed by atoms with van der Waals surface area (Å²) in [6, 6.07) is 0. The SMILES string of the molecule is CC/C=C\C/C=C\C/C=C\CCCCCCCC(=O)OC1C(OCC(COC(=O)CCCCCCCCCCCCCCCCCCCCC)OC(=O)CCCCCCCCC/C=C\CCCCCCCC)OC(C(=O)O)C(O)C1O. The number of carboxylic acids is 1. The first-order valence-electron chi connectivity index (χ1n) is 33.6. The Kier molecular flexibility index (Phi) is 53.4. The second kappa shape index (κ2) is 57.1. The Morgan fingerprint density at radius 3 is 1.20 bits per heavy atom. The van der Waals surface area contributed by atoms with Crippen molar-refractivity contribution in [3.63, 3.8) is 0 Å². The fourth-order valence-electron chi connectivity index (χ4n) is 10.3. The van der Waals surface area contributed by atoms with Gasteiger partial charge in [-0.05, 0) is 77.0 Å². The van der Waals surface area contributed by atoms with Gasteiger partial charge in [0.15, 0.2) is 24.6 Å². The van der Waals surface area contributed by atoms with Crippen LogP contribution in [-0.2, 0) is 42.9 Å². The first-order valence-corrected chi connectivity index (χ1v) is 33.6. The number of unbranched alkanes of at least 4 members (excludes halogenated alkanes) is 36. The van der Waals surface area contributed by atoms with Gasteiger partial charge in [-0.15, -0.1) is 0 Å². The summed E-state index contributed by atoms with van der Waals surface area (Å²) in [6.45, 7) is 5.92. The van der Waals surface area contributed by atoms with Crippen LogP contribution in [0.15, 0.2) is 48.6 Å². The van der Waals surface area contributed by atoms with E-state index in [2.05, 4.69) is 69.4 Å². The molecule has 0 saturated carbocycles. The maximum absolute atomic E-state index is 13.2. The molecule has 12 heteroatoms. The van der Waals surface area contributed by atoms with E-state index in [1.54, 1.807) is 0 Å². The van der Waals surface area contributed by atoms with Gasteiger partial charge in [-0.3, -0.25) is 14.4 Å². The van der Waals surface area contributed by atoms with E-state index in [-0.39, 0.29) is 25.9 Å². The van der Waals surface area contributed by atoms with Crippen LogP contribution in [-0.4, -0.2) is 89.2 Å². The Labute approximate surface area is 494 Å². The Morgan fingerprint density at radius 2 is 0.778 bits per heavy atom. The molecule has 0 aromatic heterocycles. The number of carboxylic acid groups (broad SMARTS) is 1. The molecule has 0 spiro atoms. The van der Waals surface area contributed by atoms with Crippen LogP contribution >= 0.6 is 0 Å². The molecule has 0 aromatic rings. The summed E-state index contributed by atoms with van der Waals surface area (Å²) in [7, 11) is 0. The molecule has 81 heavy (non-hydrogen) atoms. The standard InChI is InChI=1S/C69H122O12/c1-4-7-10-13-16-19-22-25-28-30-31-33-35-37-40-43-46-49-52-55-61(70)77-58-60(79-62(71)56-53-50-47-44-41-39-36-32-29-26-23-20-17-14-11-8-5-2)59-78-69-67(65(74)64(73)66(81-69)68(75)76)80-63(72)57-54-51-48-45-42-38-34-27-24-21-18-15-12-9-6-3/h9,12,18,21,26-27,29,34,60,64-67,69,73-74H,4-8,10-11,13-17,19-20,22-25,28,30-33,35-59H2,1-3H3,(H,75,76)/b12-9-,21-18-,29-26-,34-27-. The lowest BCUT2D eigenvalue weighted by molar-refractivity contribution is -0.301. The molecular weight excluding hydrogens is 1020 g/mol. The molecule has 1 rings (SSSR count). The van der Waals surface area contributed by atoms with E-state index in [9.17, 15) is 34.5 Å². The minimum absolute atomic E-state index is 0.0424. The predicted molar refractivity (Wildman–Crippen MR) is 331 cm³/mol. The molecule has 0 bridgehead atoms. The van der Waals surface area contributed by atoms with E-state index < -0.39 is 67.3 Å². The van der Waals surface area contributed by atoms with Crippen molar-refractivity contribution in [1.29, 1.82) is 0 Å². The number of carbonyl (C=O) groups excluding carboxylic acids is 3. The molecular formula is C69H122O12. The molecule has 6 unspecified atom stereocenters. The molecule has 1 aliphatic rings. The summed E-state index contributed by atoms with van der Waals surface area (Å²) < 4.78 is 28.6. The van der Waals surface area contributed by atoms with Crippen LogP contribution in [0.3, 0.4) is 0 Å². The molecule has 3 N–H and O–H groups in total. The lowest BCUT2D eigenvalue weighted by Gasteiger charge is -2.40. The van der Waals surface area contributed by atoms with Gasteiger partial charge in [-0.1, -0.05) is 268 Å². The molecule has 1 saturated heterocycles. The van der Waals surface area contributed by atoms with E-state index in [4.69, 9.17) is 23.7 Å². The summed E-state index contributed by atoms with van der Waals surface area (Å²) in [4.78, 5) is 51.4. The van der Waals surface area contributed by atoms with Gasteiger partial charge in [-0.25, -0.2) is 4.79 Å². The molecule has 0 radical (unpaired) electrons. The normalized spacial score (nSPS) is 18.0. The second-order valence-corrected chi connectivity index (χ2v) is 23.1. The highest BCUT2D eigenvalue weighted by Crippen LogP contribution is 2.27. The number of allylic oxidation sites excluding steroid dienone is 8. The minimum atomic E-state index is -1.91. The predicted octanol–water partition coefficient (Wildman–Crippen LogP) is 18.1. The van der Waals surface area contributed by atoms with Gasteiger partial charge >= 0.3 is 23.9 Å². The lowest BCUT2D eigenvalue weighted by atomic mass is 9.98. The van der Waals surface area contributed by atoms with Crippen LogP contribution in [0.25, 0.3) is 0 Å². The van der Waals surface area contributed by atoms with Gasteiger partial charge in [0.2, 0.25) is 0 Å². The van der Waals surface area contributed by atoms with Gasteiger partial charge in [0.1, 0.15) is 18.8 Å². The topological polar surface area (TPSA) is 175 Å². The van der Waals surface area contributed by atoms with Crippen LogP contribution in [0.1, 0.15) is 316 Å². The molecule has 6 atom stereocenters. The molecule has 1 aliphatic heterocycles. The van der Waals surface area contributed by atoms with E-state index in [0.29, 0.717) is 19.3 Å². The van der Waals surface area contributed by atoms with Crippen LogP contribution in [0.4, 0.5) is 0 Å². The molecule has 0 aromatic carbocycles. The monoisotopic (exact) mass is 1140 g/mol. The van der Waals surface area contributed by atoms with Crippen LogP contribution in [0, 0.1) is 0 Å². The zero-order valence-corrected chi connectivity index (χ0v) is 52.0. The first-order chi connectivity index (χ1) is 39.6. The van der Waals surface area contributed by atoms with Crippen molar-refractivity contribution in [2.45, 2.75) is 353 Å². The summed E-state index contributed by atoms with van der Waals surface area (Å²) in [5.41, 5.74) is 0. The zero-order chi connectivity index (χ0) is 58.9. The van der Waals surface area contributed by atoms with Crippen LogP contribution in [0.5, 0.6) is 0 Å². The number of rotatable bonds is 58. The smallest absolute Gasteiger partial charge is 0.335 e. The average molecular weight is 1140 g/mol. The molecule has 1 fully saturated rings. The summed E-state index contributed by atoms with van der Waals surface area (Å²) in [6.07, 6.45) is 57.8. The van der Waals surface area contributed by atoms with E-state index in [1.807, 2.05) is 0 Å². The van der Waals surface area contributed by atoms with Crippen molar-refractivity contribution in [3.05, 3.63) is 48.6 Å².